The molecule has 4 heteroatoms. The lowest BCUT2D eigenvalue weighted by Crippen LogP contribution is -1.73. The maximum Gasteiger partial charge on any atom is 0.121 e. The van der Waals surface area contributed by atoms with Crippen LogP contribution in [-0.4, -0.2) is 5.33 Å². The molecule has 0 atom stereocenters. The van der Waals surface area contributed by atoms with Crippen molar-refractivity contribution in [2.24, 2.45) is 0 Å². The Morgan fingerprint density at radius 1 is 1.25 bits per heavy atom. The quantitative estimate of drug-likeness (QED) is 0.644. The SMILES string of the molecule is ClC(Cl)=C(Cl)CCBr. The number of allylic oxidation sites excluding steroid dienone is 1. The van der Waals surface area contributed by atoms with Gasteiger partial charge in [0.05, 0.1) is 0 Å². The van der Waals surface area contributed by atoms with E-state index in [0.717, 1.165) is 5.33 Å². The lowest BCUT2D eigenvalue weighted by molar-refractivity contribution is 1.23. The summed E-state index contributed by atoms with van der Waals surface area (Å²) in [5.41, 5.74) is 0. The van der Waals surface area contributed by atoms with E-state index in [4.69, 9.17) is 34.8 Å². The molecule has 0 aliphatic carbocycles. The Hall–Kier alpha value is 1.09. The van der Waals surface area contributed by atoms with E-state index in [1.54, 1.807) is 0 Å². The Morgan fingerprint density at radius 3 is 1.88 bits per heavy atom. The van der Waals surface area contributed by atoms with E-state index in [0.29, 0.717) is 11.5 Å². The third-order valence-electron chi connectivity index (χ3n) is 0.519. The van der Waals surface area contributed by atoms with Gasteiger partial charge in [0.2, 0.25) is 0 Å². The van der Waals surface area contributed by atoms with Gasteiger partial charge in [-0.3, -0.25) is 0 Å². The molecule has 0 fully saturated rings. The molecule has 0 aliphatic rings. The van der Waals surface area contributed by atoms with Gasteiger partial charge in [0.25, 0.3) is 0 Å². The van der Waals surface area contributed by atoms with Crippen molar-refractivity contribution in [1.82, 2.24) is 0 Å². The van der Waals surface area contributed by atoms with Crippen molar-refractivity contribution in [1.29, 1.82) is 0 Å². The third kappa shape index (κ3) is 4.02. The molecule has 0 aliphatic heterocycles. The standard InChI is InChI=1S/C4H4BrCl3/c5-2-1-3(6)4(7)8/h1-2H2. The zero-order valence-electron chi connectivity index (χ0n) is 3.93. The molecule has 0 unspecified atom stereocenters. The molecule has 0 amide bonds. The molecule has 0 aromatic rings. The van der Waals surface area contributed by atoms with Crippen LogP contribution in [0, 0.1) is 0 Å². The Morgan fingerprint density at radius 2 is 1.75 bits per heavy atom. The largest absolute Gasteiger partial charge is 0.121 e. The Kier molecular flexibility index (Phi) is 5.59. The van der Waals surface area contributed by atoms with Crippen molar-refractivity contribution in [2.75, 3.05) is 5.33 Å². The number of alkyl halides is 1. The van der Waals surface area contributed by atoms with Gasteiger partial charge >= 0.3 is 0 Å². The Labute approximate surface area is 71.9 Å². The van der Waals surface area contributed by atoms with Crippen LogP contribution in [-0.2, 0) is 0 Å². The van der Waals surface area contributed by atoms with Gasteiger partial charge in [-0.1, -0.05) is 50.7 Å². The molecule has 48 valence electrons. The summed E-state index contributed by atoms with van der Waals surface area (Å²) < 4.78 is 0.158. The molecule has 0 saturated heterocycles. The van der Waals surface area contributed by atoms with Crippen molar-refractivity contribution in [2.45, 2.75) is 6.42 Å². The van der Waals surface area contributed by atoms with Gasteiger partial charge in [0.15, 0.2) is 0 Å². The van der Waals surface area contributed by atoms with Crippen molar-refractivity contribution >= 4 is 50.7 Å². The molecule has 0 aromatic carbocycles. The minimum Gasteiger partial charge on any atom is -0.0924 e. The van der Waals surface area contributed by atoms with E-state index < -0.39 is 0 Å². The monoisotopic (exact) mass is 236 g/mol. The predicted octanol–water partition coefficient (Wildman–Crippen LogP) is 3.66. The highest BCUT2D eigenvalue weighted by molar-refractivity contribution is 9.09. The number of hydrogen-bond acceptors (Lipinski definition) is 0. The summed E-state index contributed by atoms with van der Waals surface area (Å²) >= 11 is 19.3. The maximum atomic E-state index is 5.50. The maximum absolute atomic E-state index is 5.50. The minimum atomic E-state index is 0.158. The molecule has 0 spiro atoms. The van der Waals surface area contributed by atoms with Gasteiger partial charge in [0, 0.05) is 10.4 Å². The fourth-order valence-corrected chi connectivity index (χ4v) is 1.09. The van der Waals surface area contributed by atoms with Crippen LogP contribution in [0.3, 0.4) is 0 Å². The van der Waals surface area contributed by atoms with Crippen LogP contribution in [0.15, 0.2) is 9.52 Å². The summed E-state index contributed by atoms with van der Waals surface area (Å²) in [6.07, 6.45) is 0.684. The van der Waals surface area contributed by atoms with Crippen LogP contribution >= 0.6 is 50.7 Å². The highest BCUT2D eigenvalue weighted by atomic mass is 79.9. The average Bonchev–Trinajstić information content (AvgIpc) is 1.67. The number of rotatable bonds is 2. The normalized spacial score (nSPS) is 9.00. The van der Waals surface area contributed by atoms with Gasteiger partial charge in [-0.05, 0) is 6.42 Å². The first kappa shape index (κ1) is 9.09. The van der Waals surface area contributed by atoms with Gasteiger partial charge in [-0.25, -0.2) is 0 Å². The topological polar surface area (TPSA) is 0 Å². The van der Waals surface area contributed by atoms with Crippen LogP contribution in [0.1, 0.15) is 6.42 Å². The molecular formula is C4H4BrCl3. The molecule has 0 bridgehead atoms. The molecular weight excluding hydrogens is 234 g/mol. The fourth-order valence-electron chi connectivity index (χ4n) is 0.177. The van der Waals surface area contributed by atoms with Crippen molar-refractivity contribution in [3.05, 3.63) is 9.52 Å². The molecule has 0 heterocycles. The zero-order chi connectivity index (χ0) is 6.57. The van der Waals surface area contributed by atoms with Crippen LogP contribution in [0.2, 0.25) is 0 Å². The molecule has 0 saturated carbocycles. The smallest absolute Gasteiger partial charge is 0.0924 e. The summed E-state index contributed by atoms with van der Waals surface area (Å²) in [6.45, 7) is 0. The molecule has 0 aromatic heterocycles. The first-order valence-electron chi connectivity index (χ1n) is 1.94. The van der Waals surface area contributed by atoms with E-state index in [2.05, 4.69) is 15.9 Å². The van der Waals surface area contributed by atoms with E-state index in [9.17, 15) is 0 Å². The van der Waals surface area contributed by atoms with Crippen molar-refractivity contribution in [3.63, 3.8) is 0 Å². The van der Waals surface area contributed by atoms with Crippen LogP contribution in [0.25, 0.3) is 0 Å². The summed E-state index contributed by atoms with van der Waals surface area (Å²) in [6, 6.07) is 0. The minimum absolute atomic E-state index is 0.158. The highest BCUT2D eigenvalue weighted by Crippen LogP contribution is 2.20. The first-order chi connectivity index (χ1) is 3.68. The lowest BCUT2D eigenvalue weighted by Gasteiger charge is -1.90. The molecule has 0 N–H and O–H groups in total. The van der Waals surface area contributed by atoms with E-state index in [1.165, 1.54) is 0 Å². The second-order valence-electron chi connectivity index (χ2n) is 1.10. The third-order valence-corrected chi connectivity index (χ3v) is 1.94. The Bertz CT molecular complexity index is 95.5. The molecule has 0 radical (unpaired) electrons. The Balaban J connectivity index is 3.62. The highest BCUT2D eigenvalue weighted by Gasteiger charge is 1.95. The molecule has 0 rings (SSSR count). The zero-order valence-corrected chi connectivity index (χ0v) is 7.78. The fraction of sp³-hybridized carbons (Fsp3) is 0.500. The second kappa shape index (κ2) is 4.92. The van der Waals surface area contributed by atoms with Crippen LogP contribution < -0.4 is 0 Å². The van der Waals surface area contributed by atoms with Crippen molar-refractivity contribution in [3.8, 4) is 0 Å². The summed E-state index contributed by atoms with van der Waals surface area (Å²) in [7, 11) is 0. The summed E-state index contributed by atoms with van der Waals surface area (Å²) in [5, 5.41) is 1.29. The predicted molar refractivity (Wildman–Crippen MR) is 43.0 cm³/mol. The van der Waals surface area contributed by atoms with E-state index in [1.807, 2.05) is 0 Å². The van der Waals surface area contributed by atoms with Gasteiger partial charge < -0.3 is 0 Å². The second-order valence-corrected chi connectivity index (χ2v) is 3.30. The number of hydrogen-bond donors (Lipinski definition) is 0. The summed E-state index contributed by atoms with van der Waals surface area (Å²) in [5.74, 6) is 0. The van der Waals surface area contributed by atoms with Crippen LogP contribution in [0.4, 0.5) is 0 Å². The lowest BCUT2D eigenvalue weighted by atomic mass is 10.5. The number of halogens is 4. The van der Waals surface area contributed by atoms with E-state index >= 15 is 0 Å². The van der Waals surface area contributed by atoms with Crippen molar-refractivity contribution < 1.29 is 0 Å². The first-order valence-corrected chi connectivity index (χ1v) is 4.19. The molecule has 8 heavy (non-hydrogen) atoms. The molecule has 0 nitrogen and oxygen atoms in total. The van der Waals surface area contributed by atoms with Gasteiger partial charge in [0.1, 0.15) is 4.49 Å². The average molecular weight is 238 g/mol. The van der Waals surface area contributed by atoms with Gasteiger partial charge in [-0.15, -0.1) is 0 Å². The van der Waals surface area contributed by atoms with Gasteiger partial charge in [-0.2, -0.15) is 0 Å². The van der Waals surface area contributed by atoms with E-state index in [-0.39, 0.29) is 4.49 Å². The van der Waals surface area contributed by atoms with Crippen LogP contribution in [0.5, 0.6) is 0 Å². The summed E-state index contributed by atoms with van der Waals surface area (Å²) in [4.78, 5) is 0.